The van der Waals surface area contributed by atoms with Crippen molar-refractivity contribution in [3.8, 4) is 0 Å². The van der Waals surface area contributed by atoms with E-state index in [-0.39, 0.29) is 5.92 Å². The summed E-state index contributed by atoms with van der Waals surface area (Å²) in [5.41, 5.74) is 12.1. The van der Waals surface area contributed by atoms with Crippen LogP contribution in [-0.4, -0.2) is 16.5 Å². The Kier molecular flexibility index (Phi) is 3.72. The second kappa shape index (κ2) is 5.27. The van der Waals surface area contributed by atoms with Crippen LogP contribution in [0.2, 0.25) is 0 Å². The van der Waals surface area contributed by atoms with Crippen LogP contribution < -0.4 is 5.73 Å². The van der Waals surface area contributed by atoms with Gasteiger partial charge >= 0.3 is 0 Å². The van der Waals surface area contributed by atoms with Gasteiger partial charge in [-0.3, -0.25) is 0 Å². The highest BCUT2D eigenvalue weighted by Gasteiger charge is 2.16. The minimum absolute atomic E-state index is 0.146. The van der Waals surface area contributed by atoms with Crippen LogP contribution in [0.25, 0.3) is 0 Å². The van der Waals surface area contributed by atoms with E-state index in [0.29, 0.717) is 6.54 Å². The molecular formula is C15H19N3. The molecule has 94 valence electrons. The maximum absolute atomic E-state index is 5.93. The molecule has 0 saturated heterocycles. The van der Waals surface area contributed by atoms with Gasteiger partial charge in [-0.15, -0.1) is 0 Å². The highest BCUT2D eigenvalue weighted by atomic mass is 14.8. The Morgan fingerprint density at radius 1 is 1.11 bits per heavy atom. The number of rotatable bonds is 3. The maximum Gasteiger partial charge on any atom is 0.115 e. The molecule has 1 heterocycles. The van der Waals surface area contributed by atoms with Gasteiger partial charge in [0.15, 0.2) is 0 Å². The Morgan fingerprint density at radius 3 is 2.44 bits per heavy atom. The summed E-state index contributed by atoms with van der Waals surface area (Å²) in [4.78, 5) is 8.29. The molecule has 0 aliphatic carbocycles. The van der Waals surface area contributed by atoms with Crippen LogP contribution in [0, 0.1) is 20.8 Å². The molecule has 1 aromatic carbocycles. The van der Waals surface area contributed by atoms with E-state index in [0.717, 1.165) is 5.69 Å². The average molecular weight is 241 g/mol. The molecule has 0 bridgehead atoms. The Bertz CT molecular complexity index is 535. The van der Waals surface area contributed by atoms with E-state index >= 15 is 0 Å². The minimum atomic E-state index is 0.146. The van der Waals surface area contributed by atoms with Crippen molar-refractivity contribution in [1.82, 2.24) is 9.97 Å². The predicted octanol–water partition coefficient (Wildman–Crippen LogP) is 2.49. The molecule has 3 heteroatoms. The van der Waals surface area contributed by atoms with Gasteiger partial charge in [0.25, 0.3) is 0 Å². The van der Waals surface area contributed by atoms with E-state index < -0.39 is 0 Å². The van der Waals surface area contributed by atoms with Crippen LogP contribution in [0.5, 0.6) is 0 Å². The van der Waals surface area contributed by atoms with Gasteiger partial charge in [0.2, 0.25) is 0 Å². The Morgan fingerprint density at radius 2 is 1.83 bits per heavy atom. The molecule has 2 rings (SSSR count). The molecular weight excluding hydrogens is 222 g/mol. The van der Waals surface area contributed by atoms with Crippen LogP contribution in [0.15, 0.2) is 30.7 Å². The summed E-state index contributed by atoms with van der Waals surface area (Å²) in [5.74, 6) is 0.146. The molecule has 0 saturated carbocycles. The lowest BCUT2D eigenvalue weighted by Gasteiger charge is -2.18. The lowest BCUT2D eigenvalue weighted by Crippen LogP contribution is -2.16. The molecule has 0 fully saturated rings. The molecule has 0 radical (unpaired) electrons. The lowest BCUT2D eigenvalue weighted by molar-refractivity contribution is 0.774. The van der Waals surface area contributed by atoms with Gasteiger partial charge in [0.05, 0.1) is 5.69 Å². The summed E-state index contributed by atoms with van der Waals surface area (Å²) in [6, 6.07) is 6.38. The standard InChI is InChI=1S/C15H19N3/c1-10-6-12(3)13(7-11(10)2)14(8-16)15-4-5-17-9-18-15/h4-7,9,14H,8,16H2,1-3H3. The van der Waals surface area contributed by atoms with Crippen molar-refractivity contribution in [2.45, 2.75) is 26.7 Å². The number of nitrogens with two attached hydrogens (primary N) is 1. The van der Waals surface area contributed by atoms with Gasteiger partial charge in [0, 0.05) is 18.7 Å². The fourth-order valence-electron chi connectivity index (χ4n) is 2.27. The third-order valence-electron chi connectivity index (χ3n) is 3.46. The zero-order valence-electron chi connectivity index (χ0n) is 11.1. The van der Waals surface area contributed by atoms with Crippen molar-refractivity contribution in [1.29, 1.82) is 0 Å². The number of aromatic nitrogens is 2. The first kappa shape index (κ1) is 12.7. The maximum atomic E-state index is 5.93. The Balaban J connectivity index is 2.49. The number of hydrogen-bond donors (Lipinski definition) is 1. The van der Waals surface area contributed by atoms with Crippen LogP contribution in [0.4, 0.5) is 0 Å². The summed E-state index contributed by atoms with van der Waals surface area (Å²) in [6.07, 6.45) is 3.34. The second-order valence-corrected chi connectivity index (χ2v) is 4.72. The molecule has 1 aromatic heterocycles. The molecule has 1 atom stereocenters. The third kappa shape index (κ3) is 2.41. The average Bonchev–Trinajstić information content (AvgIpc) is 2.38. The number of aryl methyl sites for hydroxylation is 3. The van der Waals surface area contributed by atoms with Crippen molar-refractivity contribution in [3.63, 3.8) is 0 Å². The third-order valence-corrected chi connectivity index (χ3v) is 3.46. The van der Waals surface area contributed by atoms with Gasteiger partial charge in [-0.05, 0) is 49.1 Å². The van der Waals surface area contributed by atoms with E-state index in [2.05, 4.69) is 42.9 Å². The van der Waals surface area contributed by atoms with E-state index in [4.69, 9.17) is 5.73 Å². The van der Waals surface area contributed by atoms with Gasteiger partial charge in [-0.1, -0.05) is 12.1 Å². The summed E-state index contributed by atoms with van der Waals surface area (Å²) in [5, 5.41) is 0. The van der Waals surface area contributed by atoms with Crippen molar-refractivity contribution < 1.29 is 0 Å². The number of hydrogen-bond acceptors (Lipinski definition) is 3. The van der Waals surface area contributed by atoms with Gasteiger partial charge < -0.3 is 5.73 Å². The molecule has 18 heavy (non-hydrogen) atoms. The van der Waals surface area contributed by atoms with E-state index in [1.54, 1.807) is 12.5 Å². The SMILES string of the molecule is Cc1cc(C)c(C(CN)c2ccncn2)cc1C. The zero-order chi connectivity index (χ0) is 13.1. The molecule has 0 spiro atoms. The normalized spacial score (nSPS) is 12.4. The molecule has 0 amide bonds. The molecule has 2 aromatic rings. The van der Waals surface area contributed by atoms with Crippen LogP contribution in [0.3, 0.4) is 0 Å². The number of benzene rings is 1. The van der Waals surface area contributed by atoms with Crippen molar-refractivity contribution in [3.05, 3.63) is 58.7 Å². The van der Waals surface area contributed by atoms with Crippen molar-refractivity contribution >= 4 is 0 Å². The smallest absolute Gasteiger partial charge is 0.115 e. The molecule has 0 aliphatic rings. The van der Waals surface area contributed by atoms with Gasteiger partial charge in [0.1, 0.15) is 6.33 Å². The van der Waals surface area contributed by atoms with E-state index in [1.807, 2.05) is 6.07 Å². The first-order valence-corrected chi connectivity index (χ1v) is 6.17. The van der Waals surface area contributed by atoms with Crippen molar-refractivity contribution in [2.75, 3.05) is 6.54 Å². The van der Waals surface area contributed by atoms with E-state index in [9.17, 15) is 0 Å². The summed E-state index contributed by atoms with van der Waals surface area (Å²) in [7, 11) is 0. The predicted molar refractivity (Wildman–Crippen MR) is 73.6 cm³/mol. The first-order valence-electron chi connectivity index (χ1n) is 6.17. The highest BCUT2D eigenvalue weighted by Crippen LogP contribution is 2.27. The Hall–Kier alpha value is -1.74. The molecule has 3 nitrogen and oxygen atoms in total. The van der Waals surface area contributed by atoms with E-state index in [1.165, 1.54) is 22.3 Å². The molecule has 0 aliphatic heterocycles. The minimum Gasteiger partial charge on any atom is -0.329 e. The number of nitrogens with zero attached hydrogens (tertiary/aromatic N) is 2. The van der Waals surface area contributed by atoms with Crippen LogP contribution in [-0.2, 0) is 0 Å². The largest absolute Gasteiger partial charge is 0.329 e. The monoisotopic (exact) mass is 241 g/mol. The first-order chi connectivity index (χ1) is 8.63. The summed E-state index contributed by atoms with van der Waals surface area (Å²) >= 11 is 0. The fraction of sp³-hybridized carbons (Fsp3) is 0.333. The van der Waals surface area contributed by atoms with Gasteiger partial charge in [-0.25, -0.2) is 9.97 Å². The second-order valence-electron chi connectivity index (χ2n) is 4.72. The lowest BCUT2D eigenvalue weighted by atomic mass is 9.89. The zero-order valence-corrected chi connectivity index (χ0v) is 11.1. The van der Waals surface area contributed by atoms with Crippen LogP contribution in [0.1, 0.15) is 33.9 Å². The fourth-order valence-corrected chi connectivity index (χ4v) is 2.27. The highest BCUT2D eigenvalue weighted by molar-refractivity contribution is 5.41. The Labute approximate surface area is 108 Å². The van der Waals surface area contributed by atoms with Gasteiger partial charge in [-0.2, -0.15) is 0 Å². The topological polar surface area (TPSA) is 51.8 Å². The molecule has 2 N–H and O–H groups in total. The quantitative estimate of drug-likeness (QED) is 0.898. The van der Waals surface area contributed by atoms with Crippen molar-refractivity contribution in [2.24, 2.45) is 5.73 Å². The summed E-state index contributed by atoms with van der Waals surface area (Å²) < 4.78 is 0. The summed E-state index contributed by atoms with van der Waals surface area (Å²) in [6.45, 7) is 6.95. The van der Waals surface area contributed by atoms with Crippen LogP contribution >= 0.6 is 0 Å². The molecule has 1 unspecified atom stereocenters.